The van der Waals surface area contributed by atoms with Crippen LogP contribution in [-0.2, 0) is 9.59 Å². The number of hydrogen-bond acceptors (Lipinski definition) is 3. The van der Waals surface area contributed by atoms with Crippen LogP contribution in [0.15, 0.2) is 0 Å². The molecule has 0 radical (unpaired) electrons. The van der Waals surface area contributed by atoms with Crippen molar-refractivity contribution in [2.24, 2.45) is 22.8 Å². The fourth-order valence-electron chi connectivity index (χ4n) is 2.63. The molecule has 0 aromatic carbocycles. The van der Waals surface area contributed by atoms with E-state index in [-0.39, 0.29) is 30.1 Å². The lowest BCUT2D eigenvalue weighted by Gasteiger charge is -2.38. The van der Waals surface area contributed by atoms with Gasteiger partial charge in [-0.05, 0) is 25.7 Å². The highest BCUT2D eigenvalue weighted by Crippen LogP contribution is 2.29. The summed E-state index contributed by atoms with van der Waals surface area (Å²) >= 11 is 0. The van der Waals surface area contributed by atoms with Gasteiger partial charge in [0.05, 0.1) is 5.41 Å². The number of carbonyl (C=O) groups excluding carboxylic acids is 2. The summed E-state index contributed by atoms with van der Waals surface area (Å²) in [4.78, 5) is 25.5. The van der Waals surface area contributed by atoms with E-state index >= 15 is 0 Å². The van der Waals surface area contributed by atoms with Crippen LogP contribution < -0.4 is 11.5 Å². The lowest BCUT2D eigenvalue weighted by Crippen LogP contribution is -2.51. The molecule has 0 spiro atoms. The molecule has 112 valence electrons. The summed E-state index contributed by atoms with van der Waals surface area (Å²) in [7, 11) is 0. The second-order valence-electron chi connectivity index (χ2n) is 5.16. The summed E-state index contributed by atoms with van der Waals surface area (Å²) < 4.78 is 0. The normalized spacial score (nSPS) is 16.9. The van der Waals surface area contributed by atoms with Gasteiger partial charge in [0.15, 0.2) is 0 Å². The Morgan fingerprint density at radius 3 is 2.00 bits per heavy atom. The van der Waals surface area contributed by atoms with Gasteiger partial charge in [0, 0.05) is 25.6 Å². The molecule has 1 aliphatic heterocycles. The second-order valence-corrected chi connectivity index (χ2v) is 5.16. The number of halogens is 1. The van der Waals surface area contributed by atoms with Crippen molar-refractivity contribution < 1.29 is 9.59 Å². The molecule has 0 aromatic heterocycles. The highest BCUT2D eigenvalue weighted by molar-refractivity contribution is 5.85. The molecule has 1 aliphatic rings. The van der Waals surface area contributed by atoms with Crippen LogP contribution in [0.3, 0.4) is 0 Å². The SMILES string of the molecule is CCC(CC)(CN)C(=O)N1CCC(C(N)=O)CC1.Cl. The summed E-state index contributed by atoms with van der Waals surface area (Å²) in [6.45, 7) is 5.63. The molecule has 6 heteroatoms. The molecule has 0 saturated carbocycles. The molecule has 2 amide bonds. The molecule has 0 aliphatic carbocycles. The first-order chi connectivity index (χ1) is 8.50. The highest BCUT2D eigenvalue weighted by atomic mass is 35.5. The minimum atomic E-state index is -0.431. The number of nitrogens with two attached hydrogens (primary N) is 2. The number of rotatable bonds is 5. The molecule has 0 unspecified atom stereocenters. The van der Waals surface area contributed by atoms with Crippen molar-refractivity contribution in [2.45, 2.75) is 39.5 Å². The molecule has 5 nitrogen and oxygen atoms in total. The number of likely N-dealkylation sites (tertiary alicyclic amines) is 1. The fourth-order valence-corrected chi connectivity index (χ4v) is 2.63. The van der Waals surface area contributed by atoms with Crippen LogP contribution in [0.2, 0.25) is 0 Å². The minimum Gasteiger partial charge on any atom is -0.369 e. The van der Waals surface area contributed by atoms with Crippen LogP contribution >= 0.6 is 12.4 Å². The van der Waals surface area contributed by atoms with E-state index in [0.717, 1.165) is 12.8 Å². The van der Waals surface area contributed by atoms with Gasteiger partial charge in [0.25, 0.3) is 0 Å². The van der Waals surface area contributed by atoms with E-state index in [0.29, 0.717) is 32.5 Å². The first-order valence-corrected chi connectivity index (χ1v) is 6.79. The van der Waals surface area contributed by atoms with Crippen molar-refractivity contribution in [3.8, 4) is 0 Å². The van der Waals surface area contributed by atoms with E-state index in [1.54, 1.807) is 0 Å². The Labute approximate surface area is 121 Å². The average molecular weight is 292 g/mol. The fraction of sp³-hybridized carbons (Fsp3) is 0.846. The average Bonchev–Trinajstić information content (AvgIpc) is 2.41. The number of nitrogens with zero attached hydrogens (tertiary/aromatic N) is 1. The van der Waals surface area contributed by atoms with Crippen molar-refractivity contribution in [3.05, 3.63) is 0 Å². The molecular weight excluding hydrogens is 266 g/mol. The zero-order valence-corrected chi connectivity index (χ0v) is 12.7. The predicted octanol–water partition coefficient (Wildman–Crippen LogP) is 0.897. The van der Waals surface area contributed by atoms with Crippen molar-refractivity contribution >= 4 is 24.2 Å². The van der Waals surface area contributed by atoms with E-state index in [2.05, 4.69) is 0 Å². The van der Waals surface area contributed by atoms with Gasteiger partial charge in [-0.15, -0.1) is 12.4 Å². The predicted molar refractivity (Wildman–Crippen MR) is 77.8 cm³/mol. The van der Waals surface area contributed by atoms with Crippen LogP contribution in [0.5, 0.6) is 0 Å². The van der Waals surface area contributed by atoms with Crippen molar-refractivity contribution in [3.63, 3.8) is 0 Å². The molecule has 1 saturated heterocycles. The molecule has 0 bridgehead atoms. The maximum absolute atomic E-state index is 12.5. The van der Waals surface area contributed by atoms with Gasteiger partial charge < -0.3 is 16.4 Å². The van der Waals surface area contributed by atoms with Gasteiger partial charge in [-0.1, -0.05) is 13.8 Å². The molecule has 4 N–H and O–H groups in total. The standard InChI is InChI=1S/C13H25N3O2.ClH/c1-3-13(4-2,9-14)12(18)16-7-5-10(6-8-16)11(15)17;/h10H,3-9,14H2,1-2H3,(H2,15,17);1H. The number of amides is 2. The molecule has 19 heavy (non-hydrogen) atoms. The first kappa shape index (κ1) is 18.2. The Morgan fingerprint density at radius 1 is 1.21 bits per heavy atom. The van der Waals surface area contributed by atoms with Crippen LogP contribution in [0.1, 0.15) is 39.5 Å². The van der Waals surface area contributed by atoms with E-state index < -0.39 is 5.41 Å². The summed E-state index contributed by atoms with van der Waals surface area (Å²) in [5, 5.41) is 0. The quantitative estimate of drug-likeness (QED) is 0.788. The Morgan fingerprint density at radius 2 is 1.68 bits per heavy atom. The van der Waals surface area contributed by atoms with Crippen molar-refractivity contribution in [2.75, 3.05) is 19.6 Å². The zero-order chi connectivity index (χ0) is 13.8. The van der Waals surface area contributed by atoms with Crippen LogP contribution in [-0.4, -0.2) is 36.3 Å². The maximum atomic E-state index is 12.5. The van der Waals surface area contributed by atoms with Gasteiger partial charge in [-0.25, -0.2) is 0 Å². The number of carbonyl (C=O) groups is 2. The van der Waals surface area contributed by atoms with Gasteiger partial charge in [0.1, 0.15) is 0 Å². The number of piperidine rings is 1. The molecule has 0 aromatic rings. The number of primary amides is 1. The molecule has 1 rings (SSSR count). The van der Waals surface area contributed by atoms with Gasteiger partial charge in [0.2, 0.25) is 11.8 Å². The molecule has 1 fully saturated rings. The minimum absolute atomic E-state index is 0. The van der Waals surface area contributed by atoms with Crippen LogP contribution in [0.25, 0.3) is 0 Å². The lowest BCUT2D eigenvalue weighted by molar-refractivity contribution is -0.144. The van der Waals surface area contributed by atoms with Crippen LogP contribution in [0, 0.1) is 11.3 Å². The van der Waals surface area contributed by atoms with E-state index in [1.807, 2.05) is 18.7 Å². The third kappa shape index (κ3) is 3.83. The monoisotopic (exact) mass is 291 g/mol. The van der Waals surface area contributed by atoms with Gasteiger partial charge in [-0.2, -0.15) is 0 Å². The van der Waals surface area contributed by atoms with Crippen molar-refractivity contribution in [1.82, 2.24) is 4.90 Å². The smallest absolute Gasteiger partial charge is 0.230 e. The van der Waals surface area contributed by atoms with E-state index in [4.69, 9.17) is 11.5 Å². The molecule has 1 heterocycles. The van der Waals surface area contributed by atoms with E-state index in [1.165, 1.54) is 0 Å². The summed E-state index contributed by atoms with van der Waals surface area (Å²) in [6.07, 6.45) is 2.87. The Hall–Kier alpha value is -0.810. The Kier molecular flexibility index (Phi) is 7.37. The molecular formula is C13H26ClN3O2. The zero-order valence-electron chi connectivity index (χ0n) is 11.9. The first-order valence-electron chi connectivity index (χ1n) is 6.79. The van der Waals surface area contributed by atoms with Gasteiger partial charge in [-0.3, -0.25) is 9.59 Å². The Balaban J connectivity index is 0.00000324. The molecule has 0 atom stereocenters. The van der Waals surface area contributed by atoms with Crippen LogP contribution in [0.4, 0.5) is 0 Å². The number of hydrogen-bond donors (Lipinski definition) is 2. The largest absolute Gasteiger partial charge is 0.369 e. The summed E-state index contributed by atoms with van der Waals surface area (Å²) in [5.74, 6) is -0.194. The summed E-state index contributed by atoms with van der Waals surface area (Å²) in [6, 6.07) is 0. The van der Waals surface area contributed by atoms with E-state index in [9.17, 15) is 9.59 Å². The summed E-state index contributed by atoms with van der Waals surface area (Å²) in [5.41, 5.74) is 10.6. The topological polar surface area (TPSA) is 89.4 Å². The third-order valence-corrected chi connectivity index (χ3v) is 4.38. The Bertz CT molecular complexity index is 303. The third-order valence-electron chi connectivity index (χ3n) is 4.38. The van der Waals surface area contributed by atoms with Gasteiger partial charge >= 0.3 is 0 Å². The highest BCUT2D eigenvalue weighted by Gasteiger charge is 2.38. The van der Waals surface area contributed by atoms with Crippen molar-refractivity contribution in [1.29, 1.82) is 0 Å². The lowest BCUT2D eigenvalue weighted by atomic mass is 9.80. The second kappa shape index (κ2) is 7.70. The maximum Gasteiger partial charge on any atom is 0.230 e.